The van der Waals surface area contributed by atoms with E-state index in [1.165, 1.54) is 26.2 Å². The second kappa shape index (κ2) is 8.87. The fourth-order valence-electron chi connectivity index (χ4n) is 2.12. The SMILES string of the molecule is COc1ccc(Cl)cc1C(=O)OCC(=O)Nc1cccc(NC(C)=O)c1. The number of hydrogen-bond donors (Lipinski definition) is 2. The number of anilines is 2. The van der Waals surface area contributed by atoms with Gasteiger partial charge in [0.25, 0.3) is 5.91 Å². The van der Waals surface area contributed by atoms with E-state index in [0.717, 1.165) is 0 Å². The molecule has 0 fully saturated rings. The van der Waals surface area contributed by atoms with Crippen LogP contribution in [0.15, 0.2) is 42.5 Å². The maximum atomic E-state index is 12.1. The van der Waals surface area contributed by atoms with Crippen LogP contribution in [0, 0.1) is 0 Å². The molecule has 0 spiro atoms. The maximum absolute atomic E-state index is 12.1. The second-order valence-corrected chi connectivity index (χ2v) is 5.67. The van der Waals surface area contributed by atoms with Crippen LogP contribution >= 0.6 is 11.6 Å². The van der Waals surface area contributed by atoms with Crippen molar-refractivity contribution in [1.29, 1.82) is 0 Å². The molecule has 0 saturated carbocycles. The molecule has 0 unspecified atom stereocenters. The van der Waals surface area contributed by atoms with Gasteiger partial charge in [-0.2, -0.15) is 0 Å². The Hall–Kier alpha value is -3.06. The van der Waals surface area contributed by atoms with Crippen LogP contribution < -0.4 is 15.4 Å². The molecular weight excluding hydrogens is 360 g/mol. The summed E-state index contributed by atoms with van der Waals surface area (Å²) in [7, 11) is 1.41. The summed E-state index contributed by atoms with van der Waals surface area (Å²) in [5.41, 5.74) is 1.12. The van der Waals surface area contributed by atoms with Crippen molar-refractivity contribution in [3.63, 3.8) is 0 Å². The molecule has 0 aliphatic heterocycles. The third kappa shape index (κ3) is 5.49. The molecular formula is C18H17ClN2O5. The van der Waals surface area contributed by atoms with Crippen LogP contribution in [0.4, 0.5) is 11.4 Å². The molecule has 0 bridgehead atoms. The van der Waals surface area contributed by atoms with Gasteiger partial charge in [-0.15, -0.1) is 0 Å². The topological polar surface area (TPSA) is 93.7 Å². The first-order valence-electron chi connectivity index (χ1n) is 7.57. The minimum absolute atomic E-state index is 0.125. The van der Waals surface area contributed by atoms with Crippen molar-refractivity contribution in [2.24, 2.45) is 0 Å². The highest BCUT2D eigenvalue weighted by molar-refractivity contribution is 6.31. The molecule has 2 N–H and O–H groups in total. The molecule has 0 aliphatic carbocycles. The van der Waals surface area contributed by atoms with Gasteiger partial charge in [-0.25, -0.2) is 4.79 Å². The molecule has 2 rings (SSSR count). The Morgan fingerprint density at radius 3 is 2.38 bits per heavy atom. The molecule has 0 atom stereocenters. The molecule has 0 radical (unpaired) electrons. The number of halogens is 1. The predicted octanol–water partition coefficient (Wildman–Crippen LogP) is 3.10. The number of rotatable bonds is 6. The number of nitrogens with one attached hydrogen (secondary N) is 2. The number of hydrogen-bond acceptors (Lipinski definition) is 5. The summed E-state index contributed by atoms with van der Waals surface area (Å²) >= 11 is 5.87. The van der Waals surface area contributed by atoms with Crippen LogP contribution in [0.1, 0.15) is 17.3 Å². The molecule has 8 heteroatoms. The number of methoxy groups -OCH3 is 1. The van der Waals surface area contributed by atoms with E-state index in [4.69, 9.17) is 21.1 Å². The summed E-state index contributed by atoms with van der Waals surface area (Å²) in [6.07, 6.45) is 0. The molecule has 0 aromatic heterocycles. The summed E-state index contributed by atoms with van der Waals surface area (Å²) in [6.45, 7) is 0.897. The fourth-order valence-corrected chi connectivity index (χ4v) is 2.30. The van der Waals surface area contributed by atoms with Gasteiger partial charge < -0.3 is 20.1 Å². The van der Waals surface area contributed by atoms with E-state index in [1.807, 2.05) is 0 Å². The molecule has 2 aromatic rings. The number of carbonyl (C=O) groups excluding carboxylic acids is 3. The molecule has 26 heavy (non-hydrogen) atoms. The van der Waals surface area contributed by atoms with Gasteiger partial charge in [-0.3, -0.25) is 9.59 Å². The van der Waals surface area contributed by atoms with E-state index in [0.29, 0.717) is 22.1 Å². The molecule has 7 nitrogen and oxygen atoms in total. The Kier molecular flexibility index (Phi) is 6.57. The summed E-state index contributed by atoms with van der Waals surface area (Å²) in [5.74, 6) is -1.19. The number of benzene rings is 2. The Morgan fingerprint density at radius 2 is 1.73 bits per heavy atom. The van der Waals surface area contributed by atoms with Crippen LogP contribution in [0.25, 0.3) is 0 Å². The average Bonchev–Trinajstić information content (AvgIpc) is 2.59. The van der Waals surface area contributed by atoms with Crippen molar-refractivity contribution in [1.82, 2.24) is 0 Å². The number of esters is 1. The first-order valence-corrected chi connectivity index (χ1v) is 7.95. The van der Waals surface area contributed by atoms with Crippen LogP contribution in [0.3, 0.4) is 0 Å². The van der Waals surface area contributed by atoms with E-state index in [9.17, 15) is 14.4 Å². The van der Waals surface area contributed by atoms with Gasteiger partial charge in [-0.1, -0.05) is 17.7 Å². The van der Waals surface area contributed by atoms with Crippen LogP contribution in [-0.2, 0) is 14.3 Å². The Bertz CT molecular complexity index is 838. The van der Waals surface area contributed by atoms with Crippen molar-refractivity contribution in [2.75, 3.05) is 24.4 Å². The van der Waals surface area contributed by atoms with Gasteiger partial charge in [0.05, 0.1) is 7.11 Å². The molecule has 0 heterocycles. The van der Waals surface area contributed by atoms with Crippen LogP contribution in [0.2, 0.25) is 5.02 Å². The molecule has 0 saturated heterocycles. The number of ether oxygens (including phenoxy) is 2. The lowest BCUT2D eigenvalue weighted by molar-refractivity contribution is -0.119. The van der Waals surface area contributed by atoms with Gasteiger partial charge in [-0.05, 0) is 36.4 Å². The van der Waals surface area contributed by atoms with Gasteiger partial charge in [0.1, 0.15) is 11.3 Å². The predicted molar refractivity (Wildman–Crippen MR) is 97.7 cm³/mol. The lowest BCUT2D eigenvalue weighted by Gasteiger charge is -2.10. The minimum Gasteiger partial charge on any atom is -0.496 e. The highest BCUT2D eigenvalue weighted by atomic mass is 35.5. The van der Waals surface area contributed by atoms with Crippen molar-refractivity contribution < 1.29 is 23.9 Å². The number of carbonyl (C=O) groups is 3. The summed E-state index contributed by atoms with van der Waals surface area (Å²) < 4.78 is 10.1. The van der Waals surface area contributed by atoms with E-state index >= 15 is 0 Å². The number of amides is 2. The normalized spacial score (nSPS) is 9.96. The van der Waals surface area contributed by atoms with Gasteiger partial charge in [0, 0.05) is 23.3 Å². The quantitative estimate of drug-likeness (QED) is 0.755. The second-order valence-electron chi connectivity index (χ2n) is 5.23. The smallest absolute Gasteiger partial charge is 0.342 e. The Morgan fingerprint density at radius 1 is 1.04 bits per heavy atom. The minimum atomic E-state index is -0.730. The highest BCUT2D eigenvalue weighted by Crippen LogP contribution is 2.23. The molecule has 136 valence electrons. The van der Waals surface area contributed by atoms with Gasteiger partial charge in [0.15, 0.2) is 6.61 Å². The van der Waals surface area contributed by atoms with Crippen LogP contribution in [0.5, 0.6) is 5.75 Å². The molecule has 2 aromatic carbocycles. The molecule has 2 amide bonds. The maximum Gasteiger partial charge on any atom is 0.342 e. The third-order valence-electron chi connectivity index (χ3n) is 3.18. The van der Waals surface area contributed by atoms with E-state index in [2.05, 4.69) is 10.6 Å². The first kappa shape index (κ1) is 19.3. The Labute approximate surface area is 155 Å². The third-order valence-corrected chi connectivity index (χ3v) is 3.42. The fraction of sp³-hybridized carbons (Fsp3) is 0.167. The largest absolute Gasteiger partial charge is 0.496 e. The lowest BCUT2D eigenvalue weighted by atomic mass is 10.2. The summed E-state index contributed by atoms with van der Waals surface area (Å²) in [6, 6.07) is 11.1. The summed E-state index contributed by atoms with van der Waals surface area (Å²) in [5, 5.41) is 5.53. The zero-order valence-electron chi connectivity index (χ0n) is 14.2. The van der Waals surface area contributed by atoms with Crippen molar-refractivity contribution >= 4 is 40.8 Å². The Balaban J connectivity index is 1.96. The average molecular weight is 377 g/mol. The van der Waals surface area contributed by atoms with Gasteiger partial charge in [0.2, 0.25) is 5.91 Å². The lowest BCUT2D eigenvalue weighted by Crippen LogP contribution is -2.21. The van der Waals surface area contributed by atoms with Gasteiger partial charge >= 0.3 is 5.97 Å². The highest BCUT2D eigenvalue weighted by Gasteiger charge is 2.16. The zero-order valence-corrected chi connectivity index (χ0v) is 14.9. The monoisotopic (exact) mass is 376 g/mol. The van der Waals surface area contributed by atoms with Crippen molar-refractivity contribution in [3.8, 4) is 5.75 Å². The van der Waals surface area contributed by atoms with E-state index < -0.39 is 18.5 Å². The van der Waals surface area contributed by atoms with E-state index in [1.54, 1.807) is 30.3 Å². The zero-order chi connectivity index (χ0) is 19.1. The summed E-state index contributed by atoms with van der Waals surface area (Å²) in [4.78, 5) is 35.2. The van der Waals surface area contributed by atoms with Crippen LogP contribution in [-0.4, -0.2) is 31.5 Å². The first-order chi connectivity index (χ1) is 12.4. The van der Waals surface area contributed by atoms with Crippen molar-refractivity contribution in [3.05, 3.63) is 53.1 Å². The molecule has 0 aliphatic rings. The standard InChI is InChI=1S/C18H17ClN2O5/c1-11(22)20-13-4-3-5-14(9-13)21-17(23)10-26-18(24)15-8-12(19)6-7-16(15)25-2/h3-9H,10H2,1-2H3,(H,20,22)(H,21,23). The van der Waals surface area contributed by atoms with Crippen molar-refractivity contribution in [2.45, 2.75) is 6.92 Å². The van der Waals surface area contributed by atoms with E-state index in [-0.39, 0.29) is 11.5 Å².